The Balaban J connectivity index is 0.00000137. The van der Waals surface area contributed by atoms with E-state index in [1.165, 1.54) is 18.2 Å². The molecule has 0 aliphatic heterocycles. The summed E-state index contributed by atoms with van der Waals surface area (Å²) in [6, 6.07) is 3.95. The van der Waals surface area contributed by atoms with Gasteiger partial charge in [-0.25, -0.2) is 0 Å². The third-order valence-electron chi connectivity index (χ3n) is 1.85. The molecule has 0 aliphatic rings. The summed E-state index contributed by atoms with van der Waals surface area (Å²) in [5.74, 6) is -0.776. The second-order valence-corrected chi connectivity index (χ2v) is 2.89. The van der Waals surface area contributed by atoms with E-state index >= 15 is 0 Å². The maximum Gasteiger partial charge on any atom is 0.387 e. The van der Waals surface area contributed by atoms with Crippen molar-refractivity contribution in [2.45, 2.75) is 40.4 Å². The minimum atomic E-state index is -3.08. The molecule has 18 heavy (non-hydrogen) atoms. The monoisotopic (exact) mass is 268 g/mol. The van der Waals surface area contributed by atoms with Gasteiger partial charge in [-0.1, -0.05) is 26.8 Å². The summed E-state index contributed by atoms with van der Waals surface area (Å²) in [4.78, 5) is 0. The number of halogens is 4. The molecule has 0 N–H and O–H groups in total. The van der Waals surface area contributed by atoms with Crippen LogP contribution >= 0.6 is 0 Å². The molecule has 0 fully saturated rings. The number of aryl methyl sites for hydroxylation is 1. The zero-order valence-corrected chi connectivity index (χ0v) is 10.4. The van der Waals surface area contributed by atoms with Crippen LogP contribution in [0.2, 0.25) is 0 Å². The number of hydrogen-bond donors (Lipinski definition) is 0. The van der Waals surface area contributed by atoms with E-state index in [9.17, 15) is 17.6 Å². The molecule has 1 aromatic carbocycles. The van der Waals surface area contributed by atoms with E-state index in [0.717, 1.165) is 0 Å². The summed E-state index contributed by atoms with van der Waals surface area (Å²) >= 11 is 0. The average Bonchev–Trinajstić information content (AvgIpc) is 2.32. The van der Waals surface area contributed by atoms with Crippen LogP contribution in [0.25, 0.3) is 0 Å². The molecular formula is C12H16F4O2. The molecule has 0 aliphatic carbocycles. The average molecular weight is 268 g/mol. The fraction of sp³-hybridized carbons (Fsp3) is 0.500. The lowest BCUT2D eigenvalue weighted by molar-refractivity contribution is -0.0692. The maximum absolute atomic E-state index is 12.0. The van der Waals surface area contributed by atoms with Gasteiger partial charge in [0.2, 0.25) is 0 Å². The fourth-order valence-corrected chi connectivity index (χ4v) is 1.15. The molecule has 0 bridgehead atoms. The Kier molecular flexibility index (Phi) is 7.91. The van der Waals surface area contributed by atoms with Gasteiger partial charge in [-0.05, 0) is 24.1 Å². The van der Waals surface area contributed by atoms with Crippen molar-refractivity contribution in [2.24, 2.45) is 0 Å². The lowest BCUT2D eigenvalue weighted by Gasteiger charge is -2.12. The molecule has 1 rings (SSSR count). The number of rotatable bonds is 5. The molecule has 0 amide bonds. The quantitative estimate of drug-likeness (QED) is 0.733. The van der Waals surface area contributed by atoms with Gasteiger partial charge in [0.1, 0.15) is 0 Å². The fourth-order valence-electron chi connectivity index (χ4n) is 1.15. The van der Waals surface area contributed by atoms with E-state index in [1.807, 2.05) is 13.8 Å². The van der Waals surface area contributed by atoms with Crippen LogP contribution in [0.1, 0.15) is 26.3 Å². The van der Waals surface area contributed by atoms with E-state index in [2.05, 4.69) is 9.47 Å². The molecule has 6 heteroatoms. The number of hydrogen-bond acceptors (Lipinski definition) is 2. The van der Waals surface area contributed by atoms with Crippen LogP contribution in [0.5, 0.6) is 11.5 Å². The van der Waals surface area contributed by atoms with E-state index in [4.69, 9.17) is 0 Å². The van der Waals surface area contributed by atoms with Crippen molar-refractivity contribution in [3.8, 4) is 11.5 Å². The van der Waals surface area contributed by atoms with Crippen molar-refractivity contribution in [1.29, 1.82) is 0 Å². The molecule has 0 aromatic heterocycles. The van der Waals surface area contributed by atoms with E-state index in [1.54, 1.807) is 6.92 Å². The summed E-state index contributed by atoms with van der Waals surface area (Å²) in [6.45, 7) is -0.352. The zero-order chi connectivity index (χ0) is 14.1. The third-order valence-corrected chi connectivity index (χ3v) is 1.85. The summed E-state index contributed by atoms with van der Waals surface area (Å²) in [5.41, 5.74) is 0.692. The number of benzene rings is 1. The molecule has 2 nitrogen and oxygen atoms in total. The standard InChI is InChI=1S/C10H10F4O2.C2H6/c1-2-6-3-4-7(15-9(11)12)8(5-6)16-10(13)14;1-2/h3-5,9-10H,2H2,1H3;1-2H3. The second kappa shape index (κ2) is 8.60. The molecule has 0 spiro atoms. The maximum atomic E-state index is 12.0. The van der Waals surface area contributed by atoms with Crippen LogP contribution < -0.4 is 9.47 Å². The van der Waals surface area contributed by atoms with Gasteiger partial charge in [-0.2, -0.15) is 17.6 Å². The Morgan fingerprint density at radius 3 is 1.89 bits per heavy atom. The van der Waals surface area contributed by atoms with Crippen molar-refractivity contribution in [3.05, 3.63) is 23.8 Å². The van der Waals surface area contributed by atoms with Crippen molar-refractivity contribution in [3.63, 3.8) is 0 Å². The first-order valence-corrected chi connectivity index (χ1v) is 5.55. The predicted octanol–water partition coefficient (Wildman–Crippen LogP) is 4.48. The third kappa shape index (κ3) is 5.75. The smallest absolute Gasteiger partial charge is 0.387 e. The Morgan fingerprint density at radius 1 is 0.944 bits per heavy atom. The summed E-state index contributed by atoms with van der Waals surface area (Å²) in [5, 5.41) is 0. The first-order chi connectivity index (χ1) is 8.52. The van der Waals surface area contributed by atoms with Gasteiger partial charge < -0.3 is 9.47 Å². The summed E-state index contributed by atoms with van der Waals surface area (Å²) < 4.78 is 56.1. The highest BCUT2D eigenvalue weighted by Gasteiger charge is 2.14. The molecule has 0 unspecified atom stereocenters. The van der Waals surface area contributed by atoms with Crippen molar-refractivity contribution >= 4 is 0 Å². The summed E-state index contributed by atoms with van der Waals surface area (Å²) in [7, 11) is 0. The Morgan fingerprint density at radius 2 is 1.44 bits per heavy atom. The van der Waals surface area contributed by atoms with Crippen LogP contribution in [-0.2, 0) is 6.42 Å². The van der Waals surface area contributed by atoms with Gasteiger partial charge in [0.25, 0.3) is 0 Å². The van der Waals surface area contributed by atoms with E-state index in [0.29, 0.717) is 12.0 Å². The topological polar surface area (TPSA) is 18.5 Å². The van der Waals surface area contributed by atoms with Gasteiger partial charge >= 0.3 is 13.2 Å². The minimum absolute atomic E-state index is 0.380. The van der Waals surface area contributed by atoms with Gasteiger partial charge in [0, 0.05) is 0 Å². The van der Waals surface area contributed by atoms with E-state index < -0.39 is 19.0 Å². The second-order valence-electron chi connectivity index (χ2n) is 2.89. The molecule has 0 saturated heterocycles. The number of alkyl halides is 4. The van der Waals surface area contributed by atoms with Crippen LogP contribution in [0.15, 0.2) is 18.2 Å². The lowest BCUT2D eigenvalue weighted by atomic mass is 10.1. The Labute approximate surface area is 104 Å². The number of ether oxygens (including phenoxy) is 2. The van der Waals surface area contributed by atoms with Gasteiger partial charge in [-0.3, -0.25) is 0 Å². The van der Waals surface area contributed by atoms with Crippen LogP contribution in [0, 0.1) is 0 Å². The largest absolute Gasteiger partial charge is 0.431 e. The first-order valence-electron chi connectivity index (χ1n) is 5.55. The molecular weight excluding hydrogens is 252 g/mol. The molecule has 0 heterocycles. The Hall–Kier alpha value is -1.46. The van der Waals surface area contributed by atoms with Crippen LogP contribution in [-0.4, -0.2) is 13.2 Å². The van der Waals surface area contributed by atoms with Gasteiger partial charge in [0.05, 0.1) is 0 Å². The Bertz CT molecular complexity index is 343. The van der Waals surface area contributed by atoms with E-state index in [-0.39, 0.29) is 5.75 Å². The molecule has 0 atom stereocenters. The van der Waals surface area contributed by atoms with Crippen molar-refractivity contribution in [2.75, 3.05) is 0 Å². The van der Waals surface area contributed by atoms with Crippen LogP contribution in [0.4, 0.5) is 17.6 Å². The van der Waals surface area contributed by atoms with Crippen LogP contribution in [0.3, 0.4) is 0 Å². The molecule has 0 radical (unpaired) electrons. The SMILES string of the molecule is CC.CCc1ccc(OC(F)F)c(OC(F)F)c1. The van der Waals surface area contributed by atoms with Crippen molar-refractivity contribution in [1.82, 2.24) is 0 Å². The highest BCUT2D eigenvalue weighted by Crippen LogP contribution is 2.31. The van der Waals surface area contributed by atoms with Crippen molar-refractivity contribution < 1.29 is 27.0 Å². The van der Waals surface area contributed by atoms with Gasteiger partial charge in [0.15, 0.2) is 11.5 Å². The highest BCUT2D eigenvalue weighted by atomic mass is 19.3. The lowest BCUT2D eigenvalue weighted by Crippen LogP contribution is -2.07. The zero-order valence-electron chi connectivity index (χ0n) is 10.4. The highest BCUT2D eigenvalue weighted by molar-refractivity contribution is 5.43. The normalized spacial score (nSPS) is 10.1. The minimum Gasteiger partial charge on any atom is -0.431 e. The molecule has 0 saturated carbocycles. The van der Waals surface area contributed by atoms with Gasteiger partial charge in [-0.15, -0.1) is 0 Å². The predicted molar refractivity (Wildman–Crippen MR) is 60.4 cm³/mol. The molecule has 104 valence electrons. The summed E-state index contributed by atoms with van der Waals surface area (Å²) in [6.07, 6.45) is 0.578. The molecule has 1 aromatic rings. The first kappa shape index (κ1) is 16.5.